The van der Waals surface area contributed by atoms with E-state index in [1.54, 1.807) is 14.2 Å². The molecular weight excluding hydrogens is 228 g/mol. The summed E-state index contributed by atoms with van der Waals surface area (Å²) in [4.78, 5) is 0. The second kappa shape index (κ2) is 7.95. The van der Waals surface area contributed by atoms with Crippen molar-refractivity contribution in [2.24, 2.45) is 0 Å². The van der Waals surface area contributed by atoms with Gasteiger partial charge >= 0.3 is 0 Å². The molecule has 0 spiro atoms. The van der Waals surface area contributed by atoms with Gasteiger partial charge < -0.3 is 9.47 Å². The van der Waals surface area contributed by atoms with Crippen LogP contribution < -0.4 is 14.9 Å². The number of rotatable bonds is 8. The molecule has 1 N–H and O–H groups in total. The Kier molecular flexibility index (Phi) is 6.54. The van der Waals surface area contributed by atoms with Crippen molar-refractivity contribution >= 4 is 0 Å². The normalized spacial score (nSPS) is 10.7. The van der Waals surface area contributed by atoms with E-state index in [-0.39, 0.29) is 0 Å². The lowest BCUT2D eigenvalue weighted by Gasteiger charge is -2.20. The van der Waals surface area contributed by atoms with E-state index in [1.807, 2.05) is 19.2 Å². The molecule has 102 valence electrons. The van der Waals surface area contributed by atoms with Gasteiger partial charge in [0, 0.05) is 13.1 Å². The maximum Gasteiger partial charge on any atom is 0.160 e. The molecule has 0 saturated carbocycles. The zero-order chi connectivity index (χ0) is 13.4. The number of hydrogen-bond donors (Lipinski definition) is 1. The van der Waals surface area contributed by atoms with Crippen LogP contribution in [0.5, 0.6) is 11.5 Å². The fourth-order valence-corrected chi connectivity index (χ4v) is 1.91. The van der Waals surface area contributed by atoms with Crippen LogP contribution in [0.15, 0.2) is 18.2 Å². The van der Waals surface area contributed by atoms with Gasteiger partial charge in [0.2, 0.25) is 0 Å². The first-order valence-electron chi connectivity index (χ1n) is 6.38. The summed E-state index contributed by atoms with van der Waals surface area (Å²) in [5.74, 6) is 1.57. The summed E-state index contributed by atoms with van der Waals surface area (Å²) in [6.07, 6.45) is 2.13. The maximum atomic E-state index is 5.30. The number of hydrazine groups is 1. The molecule has 1 rings (SSSR count). The first kappa shape index (κ1) is 14.8. The van der Waals surface area contributed by atoms with Gasteiger partial charge in [0.1, 0.15) is 0 Å². The van der Waals surface area contributed by atoms with Gasteiger partial charge in [-0.15, -0.1) is 0 Å². The number of hydrogen-bond acceptors (Lipinski definition) is 4. The van der Waals surface area contributed by atoms with Crippen LogP contribution in [0.4, 0.5) is 0 Å². The van der Waals surface area contributed by atoms with Gasteiger partial charge in [-0.2, -0.15) is 0 Å². The lowest BCUT2D eigenvalue weighted by molar-refractivity contribution is 0.210. The van der Waals surface area contributed by atoms with Crippen molar-refractivity contribution in [2.45, 2.75) is 19.8 Å². The Bertz CT molecular complexity index is 356. The molecule has 0 fully saturated rings. The molecule has 0 aromatic heterocycles. The molecule has 0 aliphatic heterocycles. The summed E-state index contributed by atoms with van der Waals surface area (Å²) < 4.78 is 10.5. The minimum atomic E-state index is 0.778. The Morgan fingerprint density at radius 3 is 2.39 bits per heavy atom. The molecule has 0 aliphatic rings. The number of benzene rings is 1. The van der Waals surface area contributed by atoms with Crippen molar-refractivity contribution in [3.8, 4) is 11.5 Å². The third-order valence-electron chi connectivity index (χ3n) is 2.93. The molecule has 0 bridgehead atoms. The van der Waals surface area contributed by atoms with E-state index in [0.29, 0.717) is 0 Å². The van der Waals surface area contributed by atoms with Crippen LogP contribution in [0.2, 0.25) is 0 Å². The van der Waals surface area contributed by atoms with Crippen molar-refractivity contribution in [1.29, 1.82) is 0 Å². The molecule has 4 heteroatoms. The molecule has 0 amide bonds. The van der Waals surface area contributed by atoms with E-state index >= 15 is 0 Å². The fourth-order valence-electron chi connectivity index (χ4n) is 1.91. The minimum absolute atomic E-state index is 0.778. The second-order valence-corrected chi connectivity index (χ2v) is 4.15. The topological polar surface area (TPSA) is 33.7 Å². The predicted molar refractivity (Wildman–Crippen MR) is 74.2 cm³/mol. The van der Waals surface area contributed by atoms with Gasteiger partial charge in [0.25, 0.3) is 0 Å². The van der Waals surface area contributed by atoms with Crippen LogP contribution in [0.3, 0.4) is 0 Å². The van der Waals surface area contributed by atoms with Crippen LogP contribution in [-0.4, -0.2) is 39.4 Å². The standard InChI is InChI=1S/C14H24N2O2/c1-5-9-16(15-2)10-8-12-6-7-13(17-3)14(11-12)18-4/h6-7,11,15H,5,8-10H2,1-4H3. The molecule has 0 aliphatic carbocycles. The molecule has 4 nitrogen and oxygen atoms in total. The predicted octanol–water partition coefficient (Wildman–Crippen LogP) is 2.09. The third kappa shape index (κ3) is 4.20. The van der Waals surface area contributed by atoms with Gasteiger partial charge in [0.15, 0.2) is 11.5 Å². The van der Waals surface area contributed by atoms with Gasteiger partial charge in [-0.05, 0) is 37.6 Å². The highest BCUT2D eigenvalue weighted by molar-refractivity contribution is 5.42. The van der Waals surface area contributed by atoms with Gasteiger partial charge in [0.05, 0.1) is 14.2 Å². The maximum absolute atomic E-state index is 5.30. The van der Waals surface area contributed by atoms with Crippen molar-refractivity contribution in [3.05, 3.63) is 23.8 Å². The molecular formula is C14H24N2O2. The molecule has 0 heterocycles. The lowest BCUT2D eigenvalue weighted by Crippen LogP contribution is -2.37. The highest BCUT2D eigenvalue weighted by atomic mass is 16.5. The van der Waals surface area contributed by atoms with Crippen molar-refractivity contribution in [3.63, 3.8) is 0 Å². The number of ether oxygens (including phenoxy) is 2. The van der Waals surface area contributed by atoms with Crippen LogP contribution in [0.1, 0.15) is 18.9 Å². The highest BCUT2D eigenvalue weighted by Crippen LogP contribution is 2.27. The van der Waals surface area contributed by atoms with E-state index < -0.39 is 0 Å². The van der Waals surface area contributed by atoms with Gasteiger partial charge in [-0.1, -0.05) is 13.0 Å². The van der Waals surface area contributed by atoms with E-state index in [4.69, 9.17) is 9.47 Å². The average Bonchev–Trinajstić information content (AvgIpc) is 2.42. The SMILES string of the molecule is CCCN(CCc1ccc(OC)c(OC)c1)NC. The lowest BCUT2D eigenvalue weighted by atomic mass is 10.1. The van der Waals surface area contributed by atoms with Crippen molar-refractivity contribution in [1.82, 2.24) is 10.4 Å². The highest BCUT2D eigenvalue weighted by Gasteiger charge is 2.06. The summed E-state index contributed by atoms with van der Waals surface area (Å²) in [6, 6.07) is 6.08. The summed E-state index contributed by atoms with van der Waals surface area (Å²) in [6.45, 7) is 4.23. The Labute approximate surface area is 110 Å². The molecule has 0 unspecified atom stereocenters. The van der Waals surface area contributed by atoms with Gasteiger partial charge in [-0.25, -0.2) is 5.01 Å². The number of nitrogens with zero attached hydrogens (tertiary/aromatic N) is 1. The average molecular weight is 252 g/mol. The molecule has 1 aromatic rings. The van der Waals surface area contributed by atoms with Gasteiger partial charge in [-0.3, -0.25) is 5.43 Å². The largest absolute Gasteiger partial charge is 0.493 e. The third-order valence-corrected chi connectivity index (χ3v) is 2.93. The first-order chi connectivity index (χ1) is 8.74. The van der Waals surface area contributed by atoms with Crippen molar-refractivity contribution < 1.29 is 9.47 Å². The summed E-state index contributed by atoms with van der Waals surface area (Å²) in [7, 11) is 5.28. The van der Waals surface area contributed by atoms with Crippen LogP contribution in [0.25, 0.3) is 0 Å². The molecule has 18 heavy (non-hydrogen) atoms. The van der Waals surface area contributed by atoms with E-state index in [1.165, 1.54) is 5.56 Å². The Hall–Kier alpha value is -1.26. The summed E-state index contributed by atoms with van der Waals surface area (Å²) >= 11 is 0. The van der Waals surface area contributed by atoms with Crippen LogP contribution in [0, 0.1) is 0 Å². The minimum Gasteiger partial charge on any atom is -0.493 e. The first-order valence-corrected chi connectivity index (χ1v) is 6.38. The van der Waals surface area contributed by atoms with Crippen molar-refractivity contribution in [2.75, 3.05) is 34.4 Å². The van der Waals surface area contributed by atoms with E-state index in [2.05, 4.69) is 23.4 Å². The van der Waals surface area contributed by atoms with E-state index in [0.717, 1.165) is 37.4 Å². The fraction of sp³-hybridized carbons (Fsp3) is 0.571. The van der Waals surface area contributed by atoms with Crippen LogP contribution >= 0.6 is 0 Å². The number of nitrogens with one attached hydrogen (secondary N) is 1. The van der Waals surface area contributed by atoms with E-state index in [9.17, 15) is 0 Å². The Balaban J connectivity index is 2.61. The second-order valence-electron chi connectivity index (χ2n) is 4.15. The number of methoxy groups -OCH3 is 2. The summed E-state index contributed by atoms with van der Waals surface area (Å²) in [5.41, 5.74) is 4.46. The molecule has 0 atom stereocenters. The summed E-state index contributed by atoms with van der Waals surface area (Å²) in [5, 5.41) is 2.22. The monoisotopic (exact) mass is 252 g/mol. The Morgan fingerprint density at radius 1 is 1.11 bits per heavy atom. The zero-order valence-corrected chi connectivity index (χ0v) is 11.8. The quantitative estimate of drug-likeness (QED) is 0.718. The Morgan fingerprint density at radius 2 is 1.83 bits per heavy atom. The molecule has 0 saturated heterocycles. The molecule has 0 radical (unpaired) electrons. The zero-order valence-electron chi connectivity index (χ0n) is 11.8. The molecule has 1 aromatic carbocycles. The van der Waals surface area contributed by atoms with Crippen LogP contribution in [-0.2, 0) is 6.42 Å². The smallest absolute Gasteiger partial charge is 0.160 e.